The van der Waals surface area contributed by atoms with Gasteiger partial charge < -0.3 is 4.98 Å². The van der Waals surface area contributed by atoms with Crippen molar-refractivity contribution in [1.29, 1.82) is 0 Å². The van der Waals surface area contributed by atoms with Crippen molar-refractivity contribution in [1.82, 2.24) is 19.1 Å². The molecule has 0 atom stereocenters. The highest BCUT2D eigenvalue weighted by Crippen LogP contribution is 2.16. The summed E-state index contributed by atoms with van der Waals surface area (Å²) in [6, 6.07) is 6.31. The van der Waals surface area contributed by atoms with Gasteiger partial charge in [0.25, 0.3) is 5.56 Å². The van der Waals surface area contributed by atoms with E-state index in [9.17, 15) is 22.8 Å². The number of sulfone groups is 1. The molecule has 9 nitrogen and oxygen atoms in total. The first-order chi connectivity index (χ1) is 14.2. The van der Waals surface area contributed by atoms with Crippen molar-refractivity contribution in [2.45, 2.75) is 44.9 Å². The summed E-state index contributed by atoms with van der Waals surface area (Å²) in [6.45, 7) is 4.17. The zero-order valence-corrected chi connectivity index (χ0v) is 18.9. The maximum absolute atomic E-state index is 12.8. The van der Waals surface area contributed by atoms with Crippen LogP contribution < -0.4 is 11.2 Å². The first-order valence-corrected chi connectivity index (χ1v) is 11.9. The third kappa shape index (κ3) is 4.17. The summed E-state index contributed by atoms with van der Waals surface area (Å²) in [4.78, 5) is 44.4. The summed E-state index contributed by atoms with van der Waals surface area (Å²) in [5, 5.41) is -0.501. The number of ketones is 1. The monoisotopic (exact) mass is 496 g/mol. The molecule has 1 aromatic carbocycles. The highest BCUT2D eigenvalue weighted by atomic mass is 79.9. The molecule has 3 aromatic rings. The number of carbonyl (C=O) groups is 1. The van der Waals surface area contributed by atoms with Crippen molar-refractivity contribution in [2.24, 2.45) is 0 Å². The molecule has 30 heavy (non-hydrogen) atoms. The number of halogens is 1. The van der Waals surface area contributed by atoms with E-state index < -0.39 is 37.8 Å². The van der Waals surface area contributed by atoms with Crippen LogP contribution in [0.2, 0.25) is 0 Å². The zero-order chi connectivity index (χ0) is 22.1. The van der Waals surface area contributed by atoms with Gasteiger partial charge in [0.2, 0.25) is 15.0 Å². The van der Waals surface area contributed by atoms with Gasteiger partial charge in [-0.1, -0.05) is 41.9 Å². The normalized spacial score (nSPS) is 11.8. The number of aryl methyl sites for hydroxylation is 1. The van der Waals surface area contributed by atoms with Crippen LogP contribution in [0.15, 0.2) is 43.5 Å². The number of Topliss-reactive ketones (excluding diaryl/α,β-unsaturated/α-hetero) is 1. The lowest BCUT2D eigenvalue weighted by molar-refractivity contribution is 0.102. The van der Waals surface area contributed by atoms with Crippen LogP contribution in [0.3, 0.4) is 0 Å². The first-order valence-electron chi connectivity index (χ1n) is 9.44. The van der Waals surface area contributed by atoms with Crippen molar-refractivity contribution >= 4 is 42.7 Å². The Morgan fingerprint density at radius 1 is 1.07 bits per heavy atom. The smallest absolute Gasteiger partial charge is 0.323 e. The van der Waals surface area contributed by atoms with Crippen molar-refractivity contribution < 1.29 is 13.2 Å². The summed E-state index contributed by atoms with van der Waals surface area (Å²) in [5.41, 5.74) is -0.999. The number of nitrogens with zero attached hydrogens (tertiary/aromatic N) is 3. The molecule has 0 saturated heterocycles. The molecule has 160 valence electrons. The zero-order valence-electron chi connectivity index (χ0n) is 16.5. The summed E-state index contributed by atoms with van der Waals surface area (Å²) >= 11 is 3.26. The van der Waals surface area contributed by atoms with Crippen LogP contribution >= 0.6 is 15.9 Å². The van der Waals surface area contributed by atoms with E-state index >= 15 is 0 Å². The van der Waals surface area contributed by atoms with Gasteiger partial charge in [-0.2, -0.15) is 4.98 Å². The second-order valence-electron chi connectivity index (χ2n) is 6.82. The minimum Gasteiger partial charge on any atom is -0.323 e. The lowest BCUT2D eigenvalue weighted by Gasteiger charge is -2.09. The van der Waals surface area contributed by atoms with Gasteiger partial charge in [-0.15, -0.1) is 0 Å². The van der Waals surface area contributed by atoms with E-state index in [-0.39, 0.29) is 29.8 Å². The Kier molecular flexibility index (Phi) is 6.41. The van der Waals surface area contributed by atoms with E-state index in [1.54, 1.807) is 12.1 Å². The summed E-state index contributed by atoms with van der Waals surface area (Å²) in [6.07, 6.45) is 1.16. The SMILES string of the molecule is CCCn1c(=O)c2[nH]c(S(=O)(=O)CC(=O)c3ccc(Br)cc3)nc2n(CCC)c1=O. The van der Waals surface area contributed by atoms with E-state index in [0.29, 0.717) is 12.8 Å². The van der Waals surface area contributed by atoms with Crippen LogP contribution in [-0.4, -0.2) is 39.1 Å². The molecule has 3 rings (SSSR count). The molecule has 0 bridgehead atoms. The fraction of sp³-hybridized carbons (Fsp3) is 0.368. The Morgan fingerprint density at radius 2 is 1.67 bits per heavy atom. The third-order valence-corrected chi connectivity index (χ3v) is 6.47. The predicted molar refractivity (Wildman–Crippen MR) is 116 cm³/mol. The largest absolute Gasteiger partial charge is 0.332 e. The number of imidazole rings is 1. The number of benzene rings is 1. The van der Waals surface area contributed by atoms with Crippen LogP contribution in [0.1, 0.15) is 37.0 Å². The standard InChI is InChI=1S/C19H21BrN4O5S/c1-3-9-23-16-15(17(26)24(10-4-2)19(23)27)21-18(22-16)30(28,29)11-14(25)12-5-7-13(20)8-6-12/h5-8H,3-4,9-11H2,1-2H3,(H,21,22). The van der Waals surface area contributed by atoms with Gasteiger partial charge in [0.05, 0.1) is 0 Å². The molecule has 2 aromatic heterocycles. The number of aromatic nitrogens is 4. The van der Waals surface area contributed by atoms with Crippen LogP contribution in [0, 0.1) is 0 Å². The topological polar surface area (TPSA) is 124 Å². The molecule has 0 aliphatic carbocycles. The van der Waals surface area contributed by atoms with Gasteiger partial charge in [-0.25, -0.2) is 13.2 Å². The summed E-state index contributed by atoms with van der Waals surface area (Å²) < 4.78 is 28.7. The predicted octanol–water partition coefficient (Wildman–Crippen LogP) is 2.13. The number of H-pyrrole nitrogens is 1. The van der Waals surface area contributed by atoms with E-state index in [1.165, 1.54) is 16.7 Å². The molecule has 1 N–H and O–H groups in total. The van der Waals surface area contributed by atoms with E-state index in [4.69, 9.17) is 0 Å². The highest BCUT2D eigenvalue weighted by molar-refractivity contribution is 9.10. The molecule has 0 radical (unpaired) electrons. The molecule has 0 aliphatic heterocycles. The minimum atomic E-state index is -4.16. The lowest BCUT2D eigenvalue weighted by Crippen LogP contribution is -2.40. The van der Waals surface area contributed by atoms with E-state index in [2.05, 4.69) is 25.9 Å². The van der Waals surface area contributed by atoms with Crippen LogP contribution in [0.4, 0.5) is 0 Å². The Hall–Kier alpha value is -2.53. The summed E-state index contributed by atoms with van der Waals surface area (Å²) in [7, 11) is -4.16. The number of fused-ring (bicyclic) bond motifs is 1. The number of aromatic amines is 1. The molecule has 2 heterocycles. The molecular weight excluding hydrogens is 476 g/mol. The van der Waals surface area contributed by atoms with Crippen molar-refractivity contribution in [2.75, 3.05) is 5.75 Å². The van der Waals surface area contributed by atoms with Gasteiger partial charge >= 0.3 is 5.69 Å². The number of hydrogen-bond donors (Lipinski definition) is 1. The quantitative estimate of drug-likeness (QED) is 0.476. The van der Waals surface area contributed by atoms with Crippen molar-refractivity contribution in [3.05, 3.63) is 55.1 Å². The van der Waals surface area contributed by atoms with Crippen LogP contribution in [-0.2, 0) is 22.9 Å². The molecule has 0 unspecified atom stereocenters. The molecule has 0 saturated carbocycles. The number of carbonyl (C=O) groups excluding carboxylic acids is 1. The minimum absolute atomic E-state index is 0.0196. The molecule has 0 amide bonds. The number of rotatable bonds is 8. The third-order valence-electron chi connectivity index (χ3n) is 4.52. The number of hydrogen-bond acceptors (Lipinski definition) is 6. The highest BCUT2D eigenvalue weighted by Gasteiger charge is 2.26. The van der Waals surface area contributed by atoms with Gasteiger partial charge in [-0.3, -0.25) is 18.7 Å². The van der Waals surface area contributed by atoms with Gasteiger partial charge in [-0.05, 0) is 25.0 Å². The molecule has 0 fully saturated rings. The Balaban J connectivity index is 2.09. The van der Waals surface area contributed by atoms with E-state index in [1.807, 2.05) is 13.8 Å². The summed E-state index contributed by atoms with van der Waals surface area (Å²) in [5.74, 6) is -1.41. The maximum Gasteiger partial charge on any atom is 0.332 e. The van der Waals surface area contributed by atoms with Crippen LogP contribution in [0.25, 0.3) is 11.2 Å². The average Bonchev–Trinajstić information content (AvgIpc) is 3.15. The Bertz CT molecular complexity index is 1320. The number of nitrogens with one attached hydrogen (secondary N) is 1. The second kappa shape index (κ2) is 8.68. The fourth-order valence-corrected chi connectivity index (χ4v) is 4.49. The molecular formula is C19H21BrN4O5S. The van der Waals surface area contributed by atoms with Crippen LogP contribution in [0.5, 0.6) is 0 Å². The molecule has 0 aliphatic rings. The Morgan fingerprint density at radius 3 is 2.27 bits per heavy atom. The van der Waals surface area contributed by atoms with Crippen molar-refractivity contribution in [3.8, 4) is 0 Å². The first kappa shape index (κ1) is 22.2. The molecule has 11 heteroatoms. The van der Waals surface area contributed by atoms with Gasteiger partial charge in [0.1, 0.15) is 5.75 Å². The van der Waals surface area contributed by atoms with Crippen molar-refractivity contribution in [3.63, 3.8) is 0 Å². The fourth-order valence-electron chi connectivity index (χ4n) is 3.10. The second-order valence-corrected chi connectivity index (χ2v) is 9.64. The van der Waals surface area contributed by atoms with Gasteiger partial charge in [0.15, 0.2) is 16.9 Å². The Labute approximate surface area is 180 Å². The maximum atomic E-state index is 12.8. The van der Waals surface area contributed by atoms with E-state index in [0.717, 1.165) is 9.04 Å². The average molecular weight is 497 g/mol. The lowest BCUT2D eigenvalue weighted by atomic mass is 10.2. The van der Waals surface area contributed by atoms with Gasteiger partial charge in [0, 0.05) is 23.1 Å². The molecule has 0 spiro atoms.